The average Bonchev–Trinajstić information content (AvgIpc) is 2.53. The van der Waals surface area contributed by atoms with Gasteiger partial charge in [-0.3, -0.25) is 4.79 Å². The largest absolute Gasteiger partial charge is 0.436 e. The lowest BCUT2D eigenvalue weighted by Gasteiger charge is -2.13. The quantitative estimate of drug-likeness (QED) is 0.827. The lowest BCUT2D eigenvalue weighted by Crippen LogP contribution is -2.32. The van der Waals surface area contributed by atoms with Crippen LogP contribution in [-0.4, -0.2) is 22.8 Å². The van der Waals surface area contributed by atoms with Crippen LogP contribution in [0.3, 0.4) is 0 Å². The predicted octanol–water partition coefficient (Wildman–Crippen LogP) is 2.28. The molecule has 1 aromatic heterocycles. The van der Waals surface area contributed by atoms with Gasteiger partial charge in [0.15, 0.2) is 5.89 Å². The van der Waals surface area contributed by atoms with Crippen LogP contribution in [-0.2, 0) is 0 Å². The minimum Gasteiger partial charge on any atom is -0.436 e. The van der Waals surface area contributed by atoms with Crippen LogP contribution in [0.5, 0.6) is 0 Å². The van der Waals surface area contributed by atoms with Crippen molar-refractivity contribution in [2.45, 2.75) is 33.1 Å². The van der Waals surface area contributed by atoms with Crippen LogP contribution in [0.2, 0.25) is 0 Å². The van der Waals surface area contributed by atoms with Gasteiger partial charge in [-0.15, -0.1) is 11.6 Å². The van der Waals surface area contributed by atoms with Crippen molar-refractivity contribution in [2.24, 2.45) is 5.92 Å². The first-order valence-electron chi connectivity index (χ1n) is 5.28. The molecule has 0 saturated carbocycles. The van der Waals surface area contributed by atoms with Crippen molar-refractivity contribution in [3.8, 4) is 0 Å². The van der Waals surface area contributed by atoms with E-state index in [1.807, 2.05) is 13.8 Å². The van der Waals surface area contributed by atoms with Crippen molar-refractivity contribution in [1.29, 1.82) is 0 Å². The van der Waals surface area contributed by atoms with Gasteiger partial charge in [0, 0.05) is 13.5 Å². The number of carbonyl (C=O) groups is 1. The molecule has 0 aliphatic heterocycles. The van der Waals surface area contributed by atoms with E-state index in [1.165, 1.54) is 0 Å². The molecule has 1 heterocycles. The summed E-state index contributed by atoms with van der Waals surface area (Å²) in [7, 11) is 0. The molecule has 5 heteroatoms. The Kier molecular flexibility index (Phi) is 4.35. The van der Waals surface area contributed by atoms with Gasteiger partial charge in [0.05, 0.1) is 11.1 Å². The number of alkyl halides is 1. The van der Waals surface area contributed by atoms with E-state index in [0.29, 0.717) is 24.0 Å². The number of nitrogens with one attached hydrogen (secondary N) is 1. The number of oxazole rings is 1. The molecule has 0 bridgehead atoms. The topological polar surface area (TPSA) is 55.1 Å². The van der Waals surface area contributed by atoms with Crippen LogP contribution >= 0.6 is 11.6 Å². The third-order valence-corrected chi connectivity index (χ3v) is 2.95. The number of hydrogen-bond acceptors (Lipinski definition) is 3. The Balaban J connectivity index is 2.56. The van der Waals surface area contributed by atoms with E-state index in [-0.39, 0.29) is 17.0 Å². The number of hydrogen-bond donors (Lipinski definition) is 1. The molecule has 1 N–H and O–H groups in total. The smallest absolute Gasteiger partial charge is 0.289 e. The maximum Gasteiger partial charge on any atom is 0.289 e. The highest BCUT2D eigenvalue weighted by Crippen LogP contribution is 2.11. The van der Waals surface area contributed by atoms with E-state index in [9.17, 15) is 4.79 Å². The first-order chi connectivity index (χ1) is 7.41. The molecule has 1 unspecified atom stereocenters. The summed E-state index contributed by atoms with van der Waals surface area (Å²) in [6, 6.07) is 0. The Morgan fingerprint density at radius 3 is 2.56 bits per heavy atom. The van der Waals surface area contributed by atoms with Crippen LogP contribution in [0.25, 0.3) is 0 Å². The summed E-state index contributed by atoms with van der Waals surface area (Å²) in [4.78, 5) is 15.7. The highest BCUT2D eigenvalue weighted by molar-refractivity contribution is 6.21. The molecule has 0 aliphatic rings. The molecular weight excluding hydrogens is 228 g/mol. The summed E-state index contributed by atoms with van der Waals surface area (Å²) in [5.74, 6) is 0.822. The van der Waals surface area contributed by atoms with Gasteiger partial charge >= 0.3 is 0 Å². The Morgan fingerprint density at radius 1 is 1.50 bits per heavy atom. The minimum atomic E-state index is -0.260. The normalized spacial score (nSPS) is 12.9. The zero-order valence-corrected chi connectivity index (χ0v) is 10.8. The monoisotopic (exact) mass is 244 g/mol. The number of rotatable bonds is 4. The van der Waals surface area contributed by atoms with E-state index < -0.39 is 0 Å². The molecule has 1 amide bonds. The fraction of sp³-hybridized carbons (Fsp3) is 0.636. The van der Waals surface area contributed by atoms with Gasteiger partial charge in [-0.2, -0.15) is 0 Å². The van der Waals surface area contributed by atoms with Crippen molar-refractivity contribution < 1.29 is 9.21 Å². The molecule has 1 rings (SSSR count). The summed E-state index contributed by atoms with van der Waals surface area (Å²) in [6.45, 7) is 7.90. The Morgan fingerprint density at radius 2 is 2.12 bits per heavy atom. The molecule has 0 spiro atoms. The Hall–Kier alpha value is -1.03. The lowest BCUT2D eigenvalue weighted by molar-refractivity contribution is 0.0922. The maximum atomic E-state index is 11.7. The third-order valence-electron chi connectivity index (χ3n) is 2.29. The van der Waals surface area contributed by atoms with Gasteiger partial charge in [0.2, 0.25) is 5.76 Å². The second-order valence-corrected chi connectivity index (χ2v) is 4.68. The number of carbonyl (C=O) groups excluding carboxylic acids is 1. The molecule has 0 fully saturated rings. The molecule has 4 nitrogen and oxygen atoms in total. The van der Waals surface area contributed by atoms with Crippen LogP contribution in [0.15, 0.2) is 4.42 Å². The molecule has 1 atom stereocenters. The molecule has 1 aromatic rings. The number of nitrogens with zero attached hydrogens (tertiary/aromatic N) is 1. The van der Waals surface area contributed by atoms with Crippen LogP contribution in [0.4, 0.5) is 0 Å². The highest BCUT2D eigenvalue weighted by Gasteiger charge is 2.17. The summed E-state index contributed by atoms with van der Waals surface area (Å²) in [5.41, 5.74) is 0.602. The summed E-state index contributed by atoms with van der Waals surface area (Å²) >= 11 is 6.03. The van der Waals surface area contributed by atoms with Gasteiger partial charge in [-0.25, -0.2) is 4.98 Å². The van der Waals surface area contributed by atoms with Crippen molar-refractivity contribution in [3.63, 3.8) is 0 Å². The van der Waals surface area contributed by atoms with E-state index in [4.69, 9.17) is 16.0 Å². The van der Waals surface area contributed by atoms with E-state index in [0.717, 1.165) is 0 Å². The number of aryl methyl sites for hydroxylation is 2. The van der Waals surface area contributed by atoms with Crippen molar-refractivity contribution in [2.75, 3.05) is 6.54 Å². The number of aromatic nitrogens is 1. The van der Waals surface area contributed by atoms with Crippen LogP contribution in [0.1, 0.15) is 36.0 Å². The zero-order chi connectivity index (χ0) is 12.3. The van der Waals surface area contributed by atoms with E-state index in [1.54, 1.807) is 13.8 Å². The summed E-state index contributed by atoms with van der Waals surface area (Å²) in [5, 5.41) is 2.65. The van der Waals surface area contributed by atoms with Gasteiger partial charge in [0.25, 0.3) is 5.91 Å². The number of halogens is 1. The summed E-state index contributed by atoms with van der Waals surface area (Å²) in [6.07, 6.45) is 0. The second-order valence-electron chi connectivity index (χ2n) is 4.12. The van der Waals surface area contributed by atoms with E-state index >= 15 is 0 Å². The average molecular weight is 245 g/mol. The lowest BCUT2D eigenvalue weighted by atomic mass is 10.1. The molecule has 0 radical (unpaired) electrons. The van der Waals surface area contributed by atoms with Gasteiger partial charge < -0.3 is 9.73 Å². The van der Waals surface area contributed by atoms with Crippen LogP contribution < -0.4 is 5.32 Å². The fourth-order valence-electron chi connectivity index (χ4n) is 1.25. The van der Waals surface area contributed by atoms with E-state index in [2.05, 4.69) is 10.3 Å². The molecule has 0 aromatic carbocycles. The first kappa shape index (κ1) is 13.0. The maximum absolute atomic E-state index is 11.7. The van der Waals surface area contributed by atoms with Gasteiger partial charge in [-0.05, 0) is 12.8 Å². The fourth-order valence-corrected chi connectivity index (χ4v) is 1.33. The molecule has 0 aliphatic carbocycles. The minimum absolute atomic E-state index is 0.0757. The standard InChI is InChI=1S/C11H17ClN2O2/c1-6(2)9(12)5-13-11(15)10-7(3)14-8(4)16-10/h6,9H,5H2,1-4H3,(H,13,15). The molecule has 0 saturated heterocycles. The highest BCUT2D eigenvalue weighted by atomic mass is 35.5. The van der Waals surface area contributed by atoms with Crippen molar-refractivity contribution in [1.82, 2.24) is 10.3 Å². The van der Waals surface area contributed by atoms with Crippen molar-refractivity contribution >= 4 is 17.5 Å². The zero-order valence-electron chi connectivity index (χ0n) is 10.0. The second kappa shape index (κ2) is 5.34. The molecule has 16 heavy (non-hydrogen) atoms. The third kappa shape index (κ3) is 3.23. The Labute approximate surface area is 100 Å². The van der Waals surface area contributed by atoms with Crippen LogP contribution in [0, 0.1) is 19.8 Å². The van der Waals surface area contributed by atoms with Crippen molar-refractivity contribution in [3.05, 3.63) is 17.3 Å². The first-order valence-corrected chi connectivity index (χ1v) is 5.71. The van der Waals surface area contributed by atoms with Gasteiger partial charge in [-0.1, -0.05) is 13.8 Å². The Bertz CT molecular complexity index is 374. The predicted molar refractivity (Wildman–Crippen MR) is 62.8 cm³/mol. The summed E-state index contributed by atoms with van der Waals surface area (Å²) < 4.78 is 5.20. The molecular formula is C11H17ClN2O2. The number of amides is 1. The SMILES string of the molecule is Cc1nc(C)c(C(=O)NCC(Cl)C(C)C)o1. The molecule has 90 valence electrons. The van der Waals surface area contributed by atoms with Gasteiger partial charge in [0.1, 0.15) is 0 Å².